The van der Waals surface area contributed by atoms with Gasteiger partial charge in [-0.1, -0.05) is 40.5 Å². The van der Waals surface area contributed by atoms with E-state index in [0.717, 1.165) is 21.9 Å². The van der Waals surface area contributed by atoms with Crippen LogP contribution in [0.4, 0.5) is 4.79 Å². The number of rotatable bonds is 4. The van der Waals surface area contributed by atoms with Crippen LogP contribution in [0.25, 0.3) is 0 Å². The highest BCUT2D eigenvalue weighted by Crippen LogP contribution is 2.49. The van der Waals surface area contributed by atoms with Gasteiger partial charge in [0.05, 0.1) is 0 Å². The SMILES string of the molecule is CC(NC(=O)NCc1ccccc1Br)C1CC2CCC1C2. The topological polar surface area (TPSA) is 41.1 Å². The van der Waals surface area contributed by atoms with E-state index in [0.29, 0.717) is 12.5 Å². The molecule has 2 bridgehead atoms. The zero-order valence-corrected chi connectivity index (χ0v) is 14.0. The molecular weight excluding hydrogens is 328 g/mol. The number of carbonyl (C=O) groups is 1. The Bertz CT molecular complexity index is 519. The third-order valence-corrected chi connectivity index (χ3v) is 5.96. The lowest BCUT2D eigenvalue weighted by Crippen LogP contribution is -2.45. The maximum absolute atomic E-state index is 12.1. The predicted octanol–water partition coefficient (Wildman–Crippen LogP) is 4.07. The normalized spacial score (nSPS) is 28.4. The van der Waals surface area contributed by atoms with Gasteiger partial charge in [-0.05, 0) is 55.6 Å². The fourth-order valence-electron chi connectivity index (χ4n) is 4.09. The second-order valence-electron chi connectivity index (χ2n) is 6.55. The van der Waals surface area contributed by atoms with E-state index in [1.165, 1.54) is 25.7 Å². The predicted molar refractivity (Wildman–Crippen MR) is 87.9 cm³/mol. The van der Waals surface area contributed by atoms with Crippen LogP contribution in [0.2, 0.25) is 0 Å². The molecular formula is C17H23BrN2O. The van der Waals surface area contributed by atoms with Crippen molar-refractivity contribution >= 4 is 22.0 Å². The number of halogens is 1. The summed E-state index contributed by atoms with van der Waals surface area (Å²) in [6, 6.07) is 8.19. The largest absolute Gasteiger partial charge is 0.335 e. The summed E-state index contributed by atoms with van der Waals surface area (Å²) in [7, 11) is 0. The molecule has 0 heterocycles. The number of hydrogen-bond donors (Lipinski definition) is 2. The second kappa shape index (κ2) is 6.39. The monoisotopic (exact) mass is 350 g/mol. The van der Waals surface area contributed by atoms with E-state index in [1.807, 2.05) is 24.3 Å². The third kappa shape index (κ3) is 3.42. The van der Waals surface area contributed by atoms with Crippen molar-refractivity contribution < 1.29 is 4.79 Å². The Hall–Kier alpha value is -1.03. The van der Waals surface area contributed by atoms with Crippen LogP contribution >= 0.6 is 15.9 Å². The van der Waals surface area contributed by atoms with Gasteiger partial charge in [0.2, 0.25) is 0 Å². The Kier molecular flexibility index (Phi) is 4.53. The van der Waals surface area contributed by atoms with Gasteiger partial charge in [-0.3, -0.25) is 0 Å². The van der Waals surface area contributed by atoms with Crippen molar-refractivity contribution in [3.63, 3.8) is 0 Å². The first-order valence-corrected chi connectivity index (χ1v) is 8.70. The van der Waals surface area contributed by atoms with E-state index < -0.39 is 0 Å². The fraction of sp³-hybridized carbons (Fsp3) is 0.588. The molecule has 114 valence electrons. The Labute approximate surface area is 135 Å². The molecule has 0 spiro atoms. The molecule has 2 aliphatic carbocycles. The number of hydrogen-bond acceptors (Lipinski definition) is 1. The van der Waals surface area contributed by atoms with Gasteiger partial charge >= 0.3 is 6.03 Å². The van der Waals surface area contributed by atoms with Crippen LogP contribution in [-0.4, -0.2) is 12.1 Å². The molecule has 2 amide bonds. The van der Waals surface area contributed by atoms with Crippen LogP contribution in [0.15, 0.2) is 28.7 Å². The minimum absolute atomic E-state index is 0.0546. The summed E-state index contributed by atoms with van der Waals surface area (Å²) in [5.74, 6) is 2.44. The van der Waals surface area contributed by atoms with Crippen molar-refractivity contribution in [1.82, 2.24) is 10.6 Å². The number of urea groups is 1. The van der Waals surface area contributed by atoms with Gasteiger partial charge in [0.15, 0.2) is 0 Å². The summed E-state index contributed by atoms with van der Waals surface area (Å²) in [6.07, 6.45) is 5.45. The molecule has 2 saturated carbocycles. The number of carbonyl (C=O) groups excluding carboxylic acids is 1. The van der Waals surface area contributed by atoms with E-state index in [9.17, 15) is 4.79 Å². The summed E-state index contributed by atoms with van der Waals surface area (Å²) >= 11 is 3.50. The highest BCUT2D eigenvalue weighted by molar-refractivity contribution is 9.10. The van der Waals surface area contributed by atoms with Gasteiger partial charge in [0.25, 0.3) is 0 Å². The Morgan fingerprint density at radius 1 is 1.33 bits per heavy atom. The Balaban J connectivity index is 1.47. The number of nitrogens with one attached hydrogen (secondary N) is 2. The van der Waals surface area contributed by atoms with E-state index in [1.54, 1.807) is 0 Å². The molecule has 21 heavy (non-hydrogen) atoms. The van der Waals surface area contributed by atoms with Crippen LogP contribution in [0.1, 0.15) is 38.2 Å². The molecule has 4 heteroatoms. The third-order valence-electron chi connectivity index (χ3n) is 5.19. The summed E-state index contributed by atoms with van der Waals surface area (Å²) in [5, 5.41) is 6.09. The summed E-state index contributed by atoms with van der Waals surface area (Å²) in [4.78, 5) is 12.1. The lowest BCUT2D eigenvalue weighted by molar-refractivity contribution is 0.220. The molecule has 0 aromatic heterocycles. The zero-order chi connectivity index (χ0) is 14.8. The molecule has 4 atom stereocenters. The van der Waals surface area contributed by atoms with Crippen molar-refractivity contribution in [3.05, 3.63) is 34.3 Å². The smallest absolute Gasteiger partial charge is 0.315 e. The van der Waals surface area contributed by atoms with E-state index in [2.05, 4.69) is 33.5 Å². The fourth-order valence-corrected chi connectivity index (χ4v) is 4.51. The van der Waals surface area contributed by atoms with Gasteiger partial charge < -0.3 is 10.6 Å². The Morgan fingerprint density at radius 2 is 2.14 bits per heavy atom. The van der Waals surface area contributed by atoms with Crippen LogP contribution in [0, 0.1) is 17.8 Å². The quantitative estimate of drug-likeness (QED) is 0.844. The first-order valence-electron chi connectivity index (χ1n) is 7.91. The van der Waals surface area contributed by atoms with E-state index in [4.69, 9.17) is 0 Å². The molecule has 3 rings (SSSR count). The molecule has 0 radical (unpaired) electrons. The van der Waals surface area contributed by atoms with Crippen LogP contribution in [0.5, 0.6) is 0 Å². The van der Waals surface area contributed by atoms with Crippen molar-refractivity contribution in [1.29, 1.82) is 0 Å². The van der Waals surface area contributed by atoms with Gasteiger partial charge in [-0.15, -0.1) is 0 Å². The molecule has 3 nitrogen and oxygen atoms in total. The average Bonchev–Trinajstić information content (AvgIpc) is 3.09. The van der Waals surface area contributed by atoms with E-state index >= 15 is 0 Å². The van der Waals surface area contributed by atoms with Crippen LogP contribution in [-0.2, 0) is 6.54 Å². The minimum Gasteiger partial charge on any atom is -0.335 e. The lowest BCUT2D eigenvalue weighted by Gasteiger charge is -2.28. The summed E-state index contributed by atoms with van der Waals surface area (Å²) in [6.45, 7) is 2.71. The van der Waals surface area contributed by atoms with Crippen LogP contribution < -0.4 is 10.6 Å². The zero-order valence-electron chi connectivity index (χ0n) is 12.4. The maximum Gasteiger partial charge on any atom is 0.315 e. The second-order valence-corrected chi connectivity index (χ2v) is 7.40. The average molecular weight is 351 g/mol. The maximum atomic E-state index is 12.1. The number of benzene rings is 1. The Morgan fingerprint density at radius 3 is 2.81 bits per heavy atom. The lowest BCUT2D eigenvalue weighted by atomic mass is 9.84. The van der Waals surface area contributed by atoms with Crippen molar-refractivity contribution in [3.8, 4) is 0 Å². The minimum atomic E-state index is -0.0546. The van der Waals surface area contributed by atoms with Crippen LogP contribution in [0.3, 0.4) is 0 Å². The first-order chi connectivity index (χ1) is 10.1. The molecule has 2 N–H and O–H groups in total. The number of amides is 2. The van der Waals surface area contributed by atoms with Gasteiger partial charge in [0, 0.05) is 17.1 Å². The number of fused-ring (bicyclic) bond motifs is 2. The van der Waals surface area contributed by atoms with Gasteiger partial charge in [-0.25, -0.2) is 4.79 Å². The van der Waals surface area contributed by atoms with Crippen molar-refractivity contribution in [2.45, 2.75) is 45.2 Å². The van der Waals surface area contributed by atoms with Gasteiger partial charge in [0.1, 0.15) is 0 Å². The highest BCUT2D eigenvalue weighted by atomic mass is 79.9. The standard InChI is InChI=1S/C17H23BrN2O/c1-11(15-9-12-6-7-13(15)8-12)20-17(21)19-10-14-4-2-3-5-16(14)18/h2-5,11-13,15H,6-10H2,1H3,(H2,19,20,21). The summed E-state index contributed by atoms with van der Waals surface area (Å²) < 4.78 is 1.03. The van der Waals surface area contributed by atoms with E-state index in [-0.39, 0.29) is 12.1 Å². The molecule has 1 aromatic carbocycles. The van der Waals surface area contributed by atoms with Crippen molar-refractivity contribution in [2.75, 3.05) is 0 Å². The molecule has 2 aliphatic rings. The summed E-state index contributed by atoms with van der Waals surface area (Å²) in [5.41, 5.74) is 1.10. The van der Waals surface area contributed by atoms with Gasteiger partial charge in [-0.2, -0.15) is 0 Å². The molecule has 0 aliphatic heterocycles. The molecule has 1 aromatic rings. The highest BCUT2D eigenvalue weighted by Gasteiger charge is 2.42. The first kappa shape index (κ1) is 14.9. The molecule has 0 saturated heterocycles. The molecule has 4 unspecified atom stereocenters. The molecule has 2 fully saturated rings. The van der Waals surface area contributed by atoms with Crippen molar-refractivity contribution in [2.24, 2.45) is 17.8 Å².